The molecule has 5 heteroatoms. The number of nitrogens with zero attached hydrogens (tertiary/aromatic N) is 3. The average Bonchev–Trinajstić information content (AvgIpc) is 2.74. The molecule has 0 spiro atoms. The maximum atomic E-state index is 5.62. The Balaban J connectivity index is 2.22. The largest absolute Gasteiger partial charge is 0.464 e. The predicted molar refractivity (Wildman–Crippen MR) is 66.1 cm³/mol. The summed E-state index contributed by atoms with van der Waals surface area (Å²) in [6.07, 6.45) is 7.10. The first-order chi connectivity index (χ1) is 8.36. The van der Waals surface area contributed by atoms with Gasteiger partial charge in [-0.05, 0) is 26.3 Å². The third-order valence-corrected chi connectivity index (χ3v) is 3.32. The fourth-order valence-electron chi connectivity index (χ4n) is 2.54. The van der Waals surface area contributed by atoms with E-state index < -0.39 is 0 Å². The Hall–Kier alpha value is -1.10. The lowest BCUT2D eigenvalue weighted by atomic mass is 9.95. The molecule has 0 aromatic carbocycles. The monoisotopic (exact) mass is 238 g/mol. The molecule has 1 fully saturated rings. The van der Waals surface area contributed by atoms with Crippen molar-refractivity contribution in [2.24, 2.45) is 5.73 Å². The van der Waals surface area contributed by atoms with Crippen molar-refractivity contribution in [2.75, 3.05) is 13.2 Å². The lowest BCUT2D eigenvalue weighted by Crippen LogP contribution is -2.18. The van der Waals surface area contributed by atoms with Crippen LogP contribution in [0.3, 0.4) is 0 Å². The van der Waals surface area contributed by atoms with Crippen LogP contribution in [0.25, 0.3) is 0 Å². The van der Waals surface area contributed by atoms with Crippen molar-refractivity contribution < 1.29 is 4.74 Å². The van der Waals surface area contributed by atoms with Crippen LogP contribution in [-0.2, 0) is 6.42 Å². The van der Waals surface area contributed by atoms with Crippen molar-refractivity contribution in [2.45, 2.75) is 51.5 Å². The van der Waals surface area contributed by atoms with Gasteiger partial charge >= 0.3 is 6.01 Å². The average molecular weight is 238 g/mol. The summed E-state index contributed by atoms with van der Waals surface area (Å²) < 4.78 is 7.74. The summed E-state index contributed by atoms with van der Waals surface area (Å²) >= 11 is 0. The van der Waals surface area contributed by atoms with Crippen molar-refractivity contribution in [1.82, 2.24) is 14.8 Å². The number of ether oxygens (including phenoxy) is 1. The van der Waals surface area contributed by atoms with E-state index in [-0.39, 0.29) is 0 Å². The van der Waals surface area contributed by atoms with Crippen LogP contribution in [0, 0.1) is 0 Å². The van der Waals surface area contributed by atoms with Crippen LogP contribution in [-0.4, -0.2) is 27.9 Å². The number of hydrogen-bond acceptors (Lipinski definition) is 4. The van der Waals surface area contributed by atoms with Gasteiger partial charge in [0.1, 0.15) is 5.82 Å². The molecule has 2 rings (SSSR count). The zero-order valence-electron chi connectivity index (χ0n) is 10.6. The third kappa shape index (κ3) is 2.77. The highest BCUT2D eigenvalue weighted by Gasteiger charge is 2.22. The standard InChI is InChI=1S/C12H22N4O/c1-2-17-12-15-14-11(8-9-13)16(12)10-6-4-3-5-7-10/h10H,2-9,13H2,1H3. The minimum atomic E-state index is 0.502. The third-order valence-electron chi connectivity index (χ3n) is 3.32. The molecule has 5 nitrogen and oxygen atoms in total. The van der Waals surface area contributed by atoms with Gasteiger partial charge in [0, 0.05) is 12.5 Å². The minimum Gasteiger partial charge on any atom is -0.464 e. The van der Waals surface area contributed by atoms with Crippen LogP contribution in [0.4, 0.5) is 0 Å². The van der Waals surface area contributed by atoms with Crippen molar-refractivity contribution in [3.63, 3.8) is 0 Å². The van der Waals surface area contributed by atoms with Gasteiger partial charge in [0.05, 0.1) is 6.61 Å². The Morgan fingerprint density at radius 1 is 1.29 bits per heavy atom. The summed E-state index contributed by atoms with van der Waals surface area (Å²) in [6, 6.07) is 1.17. The molecule has 0 radical (unpaired) electrons. The topological polar surface area (TPSA) is 66.0 Å². The fourth-order valence-corrected chi connectivity index (χ4v) is 2.54. The zero-order chi connectivity index (χ0) is 12.1. The lowest BCUT2D eigenvalue weighted by Gasteiger charge is -2.25. The molecule has 1 heterocycles. The molecule has 0 saturated heterocycles. The molecular formula is C12H22N4O. The minimum absolute atomic E-state index is 0.502. The van der Waals surface area contributed by atoms with Gasteiger partial charge in [0.25, 0.3) is 0 Å². The van der Waals surface area contributed by atoms with Gasteiger partial charge in [-0.1, -0.05) is 24.4 Å². The molecule has 0 aliphatic heterocycles. The van der Waals surface area contributed by atoms with Crippen LogP contribution in [0.15, 0.2) is 0 Å². The summed E-state index contributed by atoms with van der Waals surface area (Å²) in [7, 11) is 0. The van der Waals surface area contributed by atoms with E-state index in [1.807, 2.05) is 6.92 Å². The van der Waals surface area contributed by atoms with Crippen LogP contribution < -0.4 is 10.5 Å². The van der Waals surface area contributed by atoms with E-state index in [0.29, 0.717) is 25.2 Å². The second-order valence-electron chi connectivity index (χ2n) is 4.53. The maximum absolute atomic E-state index is 5.62. The number of aromatic nitrogens is 3. The second-order valence-corrected chi connectivity index (χ2v) is 4.53. The highest BCUT2D eigenvalue weighted by Crippen LogP contribution is 2.32. The fraction of sp³-hybridized carbons (Fsp3) is 0.833. The number of nitrogens with two attached hydrogens (primary N) is 1. The first-order valence-corrected chi connectivity index (χ1v) is 6.63. The lowest BCUT2D eigenvalue weighted by molar-refractivity contribution is 0.259. The number of hydrogen-bond donors (Lipinski definition) is 1. The van der Waals surface area contributed by atoms with E-state index in [1.54, 1.807) is 0 Å². The molecule has 1 aromatic rings. The van der Waals surface area contributed by atoms with E-state index in [2.05, 4.69) is 14.8 Å². The SMILES string of the molecule is CCOc1nnc(CCN)n1C1CCCCC1. The van der Waals surface area contributed by atoms with E-state index >= 15 is 0 Å². The molecule has 0 unspecified atom stereocenters. The van der Waals surface area contributed by atoms with Crippen LogP contribution in [0.1, 0.15) is 50.9 Å². The molecule has 1 aromatic heterocycles. The van der Waals surface area contributed by atoms with Crippen molar-refractivity contribution in [3.8, 4) is 6.01 Å². The van der Waals surface area contributed by atoms with Gasteiger partial charge < -0.3 is 10.5 Å². The van der Waals surface area contributed by atoms with Crippen LogP contribution in [0.5, 0.6) is 6.01 Å². The van der Waals surface area contributed by atoms with Gasteiger partial charge in [-0.3, -0.25) is 4.57 Å². The highest BCUT2D eigenvalue weighted by molar-refractivity contribution is 5.05. The van der Waals surface area contributed by atoms with E-state index in [4.69, 9.17) is 10.5 Å². The first-order valence-electron chi connectivity index (χ1n) is 6.63. The maximum Gasteiger partial charge on any atom is 0.317 e. The summed E-state index contributed by atoms with van der Waals surface area (Å²) in [5, 5.41) is 8.34. The molecular weight excluding hydrogens is 216 g/mol. The number of rotatable bonds is 5. The Morgan fingerprint density at radius 2 is 2.06 bits per heavy atom. The molecule has 1 saturated carbocycles. The second kappa shape index (κ2) is 6.00. The van der Waals surface area contributed by atoms with Gasteiger partial charge in [-0.15, -0.1) is 5.10 Å². The molecule has 1 aliphatic carbocycles. The van der Waals surface area contributed by atoms with Gasteiger partial charge in [0.2, 0.25) is 0 Å². The summed E-state index contributed by atoms with van der Waals surface area (Å²) in [5.74, 6) is 0.975. The van der Waals surface area contributed by atoms with Crippen LogP contribution >= 0.6 is 0 Å². The van der Waals surface area contributed by atoms with Gasteiger partial charge in [-0.2, -0.15) is 0 Å². The first kappa shape index (κ1) is 12.4. The Kier molecular flexibility index (Phi) is 4.36. The van der Waals surface area contributed by atoms with Crippen molar-refractivity contribution in [3.05, 3.63) is 5.82 Å². The van der Waals surface area contributed by atoms with Gasteiger partial charge in [0.15, 0.2) is 0 Å². The molecule has 96 valence electrons. The summed E-state index contributed by atoms with van der Waals surface area (Å²) in [4.78, 5) is 0. The van der Waals surface area contributed by atoms with Crippen molar-refractivity contribution in [1.29, 1.82) is 0 Å². The Bertz CT molecular complexity index is 321. The van der Waals surface area contributed by atoms with E-state index in [9.17, 15) is 0 Å². The quantitative estimate of drug-likeness (QED) is 0.847. The molecule has 1 aliphatic rings. The van der Waals surface area contributed by atoms with E-state index in [1.165, 1.54) is 32.1 Å². The Labute approximate surface area is 102 Å². The Morgan fingerprint density at radius 3 is 2.71 bits per heavy atom. The summed E-state index contributed by atoms with van der Waals surface area (Å²) in [6.45, 7) is 3.22. The summed E-state index contributed by atoms with van der Waals surface area (Å²) in [5.41, 5.74) is 5.62. The molecule has 2 N–H and O–H groups in total. The van der Waals surface area contributed by atoms with Gasteiger partial charge in [-0.25, -0.2) is 0 Å². The van der Waals surface area contributed by atoms with Crippen molar-refractivity contribution >= 4 is 0 Å². The molecule has 17 heavy (non-hydrogen) atoms. The predicted octanol–water partition coefficient (Wildman–Crippen LogP) is 1.68. The zero-order valence-corrected chi connectivity index (χ0v) is 10.6. The highest BCUT2D eigenvalue weighted by atomic mass is 16.5. The van der Waals surface area contributed by atoms with Crippen LogP contribution in [0.2, 0.25) is 0 Å². The normalized spacial score (nSPS) is 17.3. The molecule has 0 atom stereocenters. The molecule has 0 bridgehead atoms. The molecule has 0 amide bonds. The van der Waals surface area contributed by atoms with E-state index in [0.717, 1.165) is 12.2 Å². The smallest absolute Gasteiger partial charge is 0.317 e.